The average Bonchev–Trinajstić information content (AvgIpc) is 3.16. The average molecular weight is 394 g/mol. The van der Waals surface area contributed by atoms with Crippen LogP contribution in [-0.2, 0) is 4.74 Å². The Hall–Kier alpha value is -2.25. The van der Waals surface area contributed by atoms with Crippen LogP contribution in [0.2, 0.25) is 0 Å². The number of amides is 1. The third-order valence-electron chi connectivity index (χ3n) is 4.64. The molecule has 0 bridgehead atoms. The smallest absolute Gasteiger partial charge is 0.407 e. The molecule has 2 rings (SSSR count). The molecule has 1 saturated heterocycles. The molecule has 1 unspecified atom stereocenters. The first-order chi connectivity index (χ1) is 13.1. The van der Waals surface area contributed by atoms with E-state index in [0.717, 1.165) is 42.5 Å². The molecule has 2 atom stereocenters. The second-order valence-electron chi connectivity index (χ2n) is 8.41. The van der Waals surface area contributed by atoms with Gasteiger partial charge in [0.25, 0.3) is 0 Å². The number of carbonyl (C=O) groups is 1. The number of nitrogens with one attached hydrogen (secondary N) is 2. The van der Waals surface area contributed by atoms with E-state index in [-0.39, 0.29) is 18.1 Å². The molecule has 0 aliphatic carbocycles. The van der Waals surface area contributed by atoms with E-state index >= 15 is 0 Å². The second-order valence-corrected chi connectivity index (χ2v) is 8.41. The van der Waals surface area contributed by atoms with Gasteiger partial charge in [0.15, 0.2) is 5.96 Å². The highest BCUT2D eigenvalue weighted by molar-refractivity contribution is 5.80. The predicted molar refractivity (Wildman–Crippen MR) is 110 cm³/mol. The van der Waals surface area contributed by atoms with Crippen molar-refractivity contribution in [2.45, 2.75) is 72.4 Å². The second kappa shape index (κ2) is 9.30. The van der Waals surface area contributed by atoms with Crippen molar-refractivity contribution in [3.05, 3.63) is 17.0 Å². The normalized spacial score (nSPS) is 18.9. The van der Waals surface area contributed by atoms with Gasteiger partial charge in [-0.1, -0.05) is 12.1 Å². The van der Waals surface area contributed by atoms with Crippen LogP contribution in [0.5, 0.6) is 0 Å². The third-order valence-corrected chi connectivity index (χ3v) is 4.64. The van der Waals surface area contributed by atoms with E-state index in [1.807, 2.05) is 34.6 Å². The lowest BCUT2D eigenvalue weighted by Gasteiger charge is -2.23. The minimum absolute atomic E-state index is 0.0543. The minimum Gasteiger partial charge on any atom is -0.444 e. The Balaban J connectivity index is 1.96. The summed E-state index contributed by atoms with van der Waals surface area (Å²) in [7, 11) is 0. The Labute approximate surface area is 168 Å². The summed E-state index contributed by atoms with van der Waals surface area (Å²) in [4.78, 5) is 19.0. The van der Waals surface area contributed by atoms with Crippen LogP contribution in [0.3, 0.4) is 0 Å². The highest BCUT2D eigenvalue weighted by Gasteiger charge is 2.28. The number of likely N-dealkylation sites (tertiary alicyclic amines) is 1. The van der Waals surface area contributed by atoms with E-state index in [0.29, 0.717) is 13.1 Å². The van der Waals surface area contributed by atoms with Crippen molar-refractivity contribution in [1.82, 2.24) is 20.7 Å². The summed E-state index contributed by atoms with van der Waals surface area (Å²) < 4.78 is 10.6. The number of nitrogens with zero attached hydrogens (tertiary/aromatic N) is 3. The van der Waals surface area contributed by atoms with Gasteiger partial charge in [-0.2, -0.15) is 0 Å². The van der Waals surface area contributed by atoms with Gasteiger partial charge >= 0.3 is 6.09 Å². The van der Waals surface area contributed by atoms with Gasteiger partial charge in [0.2, 0.25) is 0 Å². The number of aliphatic imine (C=N–C) groups is 1. The lowest BCUT2D eigenvalue weighted by atomic mass is 10.00. The molecule has 8 nitrogen and oxygen atoms in total. The van der Waals surface area contributed by atoms with Gasteiger partial charge in [-0.3, -0.25) is 4.99 Å². The van der Waals surface area contributed by atoms with Crippen molar-refractivity contribution < 1.29 is 14.1 Å². The van der Waals surface area contributed by atoms with Crippen molar-refractivity contribution in [2.24, 2.45) is 4.99 Å². The SMILES string of the molecule is CCNC(=NCC(C)c1c(C)noc1C)N1CC[C@@H](NC(=O)OC(C)(C)C)C1. The molecule has 0 radical (unpaired) electrons. The molecule has 1 aromatic heterocycles. The summed E-state index contributed by atoms with van der Waals surface area (Å²) >= 11 is 0. The summed E-state index contributed by atoms with van der Waals surface area (Å²) in [5, 5.41) is 10.4. The Morgan fingerprint density at radius 1 is 1.43 bits per heavy atom. The van der Waals surface area contributed by atoms with Crippen LogP contribution >= 0.6 is 0 Å². The Kier molecular flexibility index (Phi) is 7.32. The number of aryl methyl sites for hydroxylation is 2. The van der Waals surface area contributed by atoms with E-state index < -0.39 is 5.60 Å². The zero-order valence-corrected chi connectivity index (χ0v) is 18.3. The molecule has 1 aliphatic rings. The molecule has 0 spiro atoms. The number of rotatable bonds is 5. The van der Waals surface area contributed by atoms with Gasteiger partial charge in [0, 0.05) is 37.7 Å². The zero-order valence-electron chi connectivity index (χ0n) is 18.3. The molecule has 0 saturated carbocycles. The summed E-state index contributed by atoms with van der Waals surface area (Å²) in [5.41, 5.74) is 1.56. The topological polar surface area (TPSA) is 92.0 Å². The molecular formula is C20H35N5O3. The molecule has 2 N–H and O–H groups in total. The van der Waals surface area contributed by atoms with E-state index in [4.69, 9.17) is 14.3 Å². The number of guanidine groups is 1. The monoisotopic (exact) mass is 393 g/mol. The fraction of sp³-hybridized carbons (Fsp3) is 0.750. The summed E-state index contributed by atoms with van der Waals surface area (Å²) in [5.74, 6) is 1.95. The Bertz CT molecular complexity index is 673. The largest absolute Gasteiger partial charge is 0.444 e. The van der Waals surface area contributed by atoms with Crippen LogP contribution in [0.1, 0.15) is 64.0 Å². The van der Waals surface area contributed by atoms with Gasteiger partial charge in [-0.25, -0.2) is 4.79 Å². The first-order valence-corrected chi connectivity index (χ1v) is 10.1. The van der Waals surface area contributed by atoms with Crippen molar-refractivity contribution in [1.29, 1.82) is 0 Å². The molecule has 158 valence electrons. The maximum atomic E-state index is 12.0. The predicted octanol–water partition coefficient (Wildman–Crippen LogP) is 2.96. The first kappa shape index (κ1) is 22.0. The number of hydrogen-bond acceptors (Lipinski definition) is 5. The van der Waals surface area contributed by atoms with Crippen LogP contribution in [0.25, 0.3) is 0 Å². The standard InChI is InChI=1S/C20H35N5O3/c1-8-21-18(22-11-13(2)17-14(3)24-28-15(17)4)25-10-9-16(12-25)23-19(26)27-20(5,6)7/h13,16H,8-12H2,1-7H3,(H,21,22)(H,23,26)/t13?,16-/m1/s1. The first-order valence-electron chi connectivity index (χ1n) is 10.1. The molecular weight excluding hydrogens is 358 g/mol. The molecule has 1 fully saturated rings. The summed E-state index contributed by atoms with van der Waals surface area (Å²) in [6, 6.07) is 0.0543. The number of hydrogen-bond donors (Lipinski definition) is 2. The molecule has 1 aromatic rings. The van der Waals surface area contributed by atoms with E-state index in [1.165, 1.54) is 0 Å². The molecule has 28 heavy (non-hydrogen) atoms. The van der Waals surface area contributed by atoms with E-state index in [1.54, 1.807) is 0 Å². The fourth-order valence-electron chi connectivity index (χ4n) is 3.48. The summed E-state index contributed by atoms with van der Waals surface area (Å²) in [6.45, 7) is 16.7. The van der Waals surface area contributed by atoms with Gasteiger partial charge in [0.05, 0.1) is 11.7 Å². The molecule has 1 aliphatic heterocycles. The van der Waals surface area contributed by atoms with Crippen LogP contribution in [-0.4, -0.2) is 59.9 Å². The number of alkyl carbamates (subject to hydrolysis) is 1. The van der Waals surface area contributed by atoms with Crippen LogP contribution in [0, 0.1) is 13.8 Å². The van der Waals surface area contributed by atoms with Crippen molar-refractivity contribution in [3.8, 4) is 0 Å². The Morgan fingerprint density at radius 3 is 2.71 bits per heavy atom. The molecule has 1 amide bonds. The van der Waals surface area contributed by atoms with Gasteiger partial charge in [-0.15, -0.1) is 0 Å². The number of ether oxygens (including phenoxy) is 1. The maximum Gasteiger partial charge on any atom is 0.407 e. The van der Waals surface area contributed by atoms with Crippen LogP contribution in [0.15, 0.2) is 9.52 Å². The zero-order chi connectivity index (χ0) is 20.9. The van der Waals surface area contributed by atoms with Crippen molar-refractivity contribution in [3.63, 3.8) is 0 Å². The van der Waals surface area contributed by atoms with E-state index in [9.17, 15) is 4.79 Å². The third kappa shape index (κ3) is 6.14. The lowest BCUT2D eigenvalue weighted by molar-refractivity contribution is 0.0507. The summed E-state index contributed by atoms with van der Waals surface area (Å²) in [6.07, 6.45) is 0.497. The quantitative estimate of drug-likeness (QED) is 0.590. The van der Waals surface area contributed by atoms with Gasteiger partial charge in [-0.05, 0) is 48.0 Å². The molecule has 8 heteroatoms. The van der Waals surface area contributed by atoms with Crippen molar-refractivity contribution in [2.75, 3.05) is 26.2 Å². The highest BCUT2D eigenvalue weighted by atomic mass is 16.6. The molecule has 2 heterocycles. The number of aromatic nitrogens is 1. The minimum atomic E-state index is -0.493. The maximum absolute atomic E-state index is 12.0. The van der Waals surface area contributed by atoms with Crippen LogP contribution in [0.4, 0.5) is 4.79 Å². The fourth-order valence-corrected chi connectivity index (χ4v) is 3.48. The van der Waals surface area contributed by atoms with Crippen molar-refractivity contribution >= 4 is 12.1 Å². The van der Waals surface area contributed by atoms with E-state index in [2.05, 4.69) is 34.5 Å². The number of carbonyl (C=O) groups excluding carboxylic acids is 1. The lowest BCUT2D eigenvalue weighted by Crippen LogP contribution is -2.44. The van der Waals surface area contributed by atoms with Crippen LogP contribution < -0.4 is 10.6 Å². The van der Waals surface area contributed by atoms with Gasteiger partial charge in [0.1, 0.15) is 11.4 Å². The molecule has 0 aromatic carbocycles. The highest BCUT2D eigenvalue weighted by Crippen LogP contribution is 2.23. The van der Waals surface area contributed by atoms with Gasteiger partial charge < -0.3 is 24.8 Å². The Morgan fingerprint density at radius 2 is 2.14 bits per heavy atom.